The van der Waals surface area contributed by atoms with Crippen molar-refractivity contribution in [2.75, 3.05) is 19.8 Å². The molecule has 1 aliphatic rings. The Hall–Kier alpha value is -3.39. The van der Waals surface area contributed by atoms with Crippen molar-refractivity contribution in [2.45, 2.75) is 44.7 Å². The monoisotopic (exact) mass is 454 g/mol. The molecule has 2 aromatic carbocycles. The molecule has 3 N–H and O–H groups in total. The van der Waals surface area contributed by atoms with Gasteiger partial charge in [0.2, 0.25) is 5.91 Å². The predicted molar refractivity (Wildman–Crippen MR) is 123 cm³/mol. The summed E-state index contributed by atoms with van der Waals surface area (Å²) in [5.41, 5.74) is 4.42. The summed E-state index contributed by atoms with van der Waals surface area (Å²) < 4.78 is 10.5. The van der Waals surface area contributed by atoms with Gasteiger partial charge in [0, 0.05) is 5.92 Å². The van der Waals surface area contributed by atoms with Crippen molar-refractivity contribution in [3.63, 3.8) is 0 Å². The summed E-state index contributed by atoms with van der Waals surface area (Å²) in [5.74, 6) is -1.44. The summed E-state index contributed by atoms with van der Waals surface area (Å²) in [6.45, 7) is 3.16. The molecule has 0 aliphatic heterocycles. The van der Waals surface area contributed by atoms with E-state index in [1.165, 1.54) is 6.92 Å². The summed E-state index contributed by atoms with van der Waals surface area (Å²) in [4.78, 5) is 36.7. The maximum absolute atomic E-state index is 12.4. The third kappa shape index (κ3) is 5.90. The van der Waals surface area contributed by atoms with Crippen molar-refractivity contribution in [2.24, 2.45) is 0 Å². The van der Waals surface area contributed by atoms with E-state index in [1.54, 1.807) is 0 Å². The number of amides is 2. The second kappa shape index (κ2) is 11.5. The van der Waals surface area contributed by atoms with Gasteiger partial charge in [0.15, 0.2) is 6.04 Å². The molecule has 8 heteroatoms. The average Bonchev–Trinajstić information content (AvgIpc) is 3.14. The van der Waals surface area contributed by atoms with E-state index in [9.17, 15) is 19.5 Å². The predicted octanol–water partition coefficient (Wildman–Crippen LogP) is 2.73. The number of carbonyl (C=O) groups is 3. The molecule has 1 aliphatic carbocycles. The zero-order chi connectivity index (χ0) is 23.8. The van der Waals surface area contributed by atoms with Crippen LogP contribution >= 0.6 is 0 Å². The van der Waals surface area contributed by atoms with Crippen LogP contribution in [0.25, 0.3) is 11.1 Å². The van der Waals surface area contributed by atoms with Gasteiger partial charge in [0.1, 0.15) is 12.6 Å². The fourth-order valence-corrected chi connectivity index (χ4v) is 3.78. The molecule has 2 atom stereocenters. The van der Waals surface area contributed by atoms with Crippen molar-refractivity contribution in [3.8, 4) is 11.1 Å². The first kappa shape index (κ1) is 24.3. The molecule has 8 nitrogen and oxygen atoms in total. The maximum atomic E-state index is 12.4. The Kier molecular flexibility index (Phi) is 8.43. The number of carbonyl (C=O) groups excluding carboxylic acids is 3. The Balaban J connectivity index is 1.52. The van der Waals surface area contributed by atoms with Gasteiger partial charge in [-0.15, -0.1) is 0 Å². The van der Waals surface area contributed by atoms with Crippen LogP contribution in [0.3, 0.4) is 0 Å². The molecule has 176 valence electrons. The van der Waals surface area contributed by atoms with Gasteiger partial charge in [0.25, 0.3) is 0 Å². The Morgan fingerprint density at radius 2 is 1.58 bits per heavy atom. The number of nitrogens with one attached hydrogen (secondary N) is 2. The van der Waals surface area contributed by atoms with E-state index < -0.39 is 36.7 Å². The van der Waals surface area contributed by atoms with E-state index in [0.29, 0.717) is 6.42 Å². The molecule has 33 heavy (non-hydrogen) atoms. The summed E-state index contributed by atoms with van der Waals surface area (Å²) in [5, 5.41) is 14.3. The molecule has 0 fully saturated rings. The maximum Gasteiger partial charge on any atom is 0.407 e. The molecule has 0 bridgehead atoms. The molecule has 2 aromatic rings. The summed E-state index contributed by atoms with van der Waals surface area (Å²) in [6, 6.07) is 13.8. The minimum absolute atomic E-state index is 0.0936. The Morgan fingerprint density at radius 3 is 2.15 bits per heavy atom. The largest absolute Gasteiger partial charge is 0.464 e. The molecule has 2 amide bonds. The minimum atomic E-state index is -1.19. The van der Waals surface area contributed by atoms with E-state index in [2.05, 4.69) is 10.6 Å². The van der Waals surface area contributed by atoms with Crippen molar-refractivity contribution in [1.82, 2.24) is 10.6 Å². The first-order valence-corrected chi connectivity index (χ1v) is 11.2. The molecule has 0 heterocycles. The van der Waals surface area contributed by atoms with Gasteiger partial charge in [-0.2, -0.15) is 0 Å². The standard InChI is InChI=1S/C25H30N2O6/c1-3-4-13-32-24(30)22(14-28)27-23(29)16(2)26-25(31)33-15-21-19-11-7-5-9-17(19)18-10-6-8-12-20(18)21/h5-12,16,21-22,28H,3-4,13-15H2,1-2H3,(H,26,31)(H,27,29)/t16-,22-/m0/s1. The lowest BCUT2D eigenvalue weighted by molar-refractivity contribution is -0.149. The van der Waals surface area contributed by atoms with E-state index in [0.717, 1.165) is 28.7 Å². The van der Waals surface area contributed by atoms with Crippen LogP contribution in [0.5, 0.6) is 0 Å². The Morgan fingerprint density at radius 1 is 0.970 bits per heavy atom. The SMILES string of the molecule is CCCCOC(=O)[C@H](CO)NC(=O)[C@H](C)NC(=O)OCC1c2ccccc2-c2ccccc21. The third-order valence-corrected chi connectivity index (χ3v) is 5.60. The highest BCUT2D eigenvalue weighted by Crippen LogP contribution is 2.44. The van der Waals surface area contributed by atoms with Crippen LogP contribution in [0.2, 0.25) is 0 Å². The molecular weight excluding hydrogens is 424 g/mol. The highest BCUT2D eigenvalue weighted by Gasteiger charge is 2.30. The molecule has 0 radical (unpaired) electrons. The number of hydrogen-bond acceptors (Lipinski definition) is 6. The highest BCUT2D eigenvalue weighted by molar-refractivity contribution is 5.89. The van der Waals surface area contributed by atoms with Crippen LogP contribution in [0, 0.1) is 0 Å². The average molecular weight is 455 g/mol. The van der Waals surface area contributed by atoms with Gasteiger partial charge in [-0.1, -0.05) is 61.9 Å². The number of ether oxygens (including phenoxy) is 2. The van der Waals surface area contributed by atoms with Crippen molar-refractivity contribution in [3.05, 3.63) is 59.7 Å². The van der Waals surface area contributed by atoms with Crippen molar-refractivity contribution >= 4 is 18.0 Å². The van der Waals surface area contributed by atoms with Crippen molar-refractivity contribution < 1.29 is 29.0 Å². The minimum Gasteiger partial charge on any atom is -0.464 e. The van der Waals surface area contributed by atoms with E-state index in [-0.39, 0.29) is 19.1 Å². The fourth-order valence-electron chi connectivity index (χ4n) is 3.78. The topological polar surface area (TPSA) is 114 Å². The number of esters is 1. The van der Waals surface area contributed by atoms with Crippen LogP contribution in [-0.4, -0.2) is 55.0 Å². The number of alkyl carbamates (subject to hydrolysis) is 1. The zero-order valence-corrected chi connectivity index (χ0v) is 18.9. The Labute approximate surface area is 193 Å². The van der Waals surface area contributed by atoms with Crippen LogP contribution in [0.1, 0.15) is 43.7 Å². The molecule has 0 spiro atoms. The second-order valence-electron chi connectivity index (χ2n) is 7.96. The second-order valence-corrected chi connectivity index (χ2v) is 7.96. The van der Waals surface area contributed by atoms with Crippen molar-refractivity contribution in [1.29, 1.82) is 0 Å². The molecule has 0 aromatic heterocycles. The van der Waals surface area contributed by atoms with Crippen LogP contribution in [-0.2, 0) is 19.1 Å². The molecule has 0 unspecified atom stereocenters. The first-order chi connectivity index (χ1) is 16.0. The number of aliphatic hydroxyl groups excluding tert-OH is 1. The number of unbranched alkanes of at least 4 members (excludes halogenated alkanes) is 1. The quantitative estimate of drug-likeness (QED) is 0.376. The van der Waals surface area contributed by atoms with Gasteiger partial charge < -0.3 is 25.2 Å². The first-order valence-electron chi connectivity index (χ1n) is 11.2. The number of fused-ring (bicyclic) bond motifs is 3. The van der Waals surface area contributed by atoms with Gasteiger partial charge in [0.05, 0.1) is 13.2 Å². The van der Waals surface area contributed by atoms with Gasteiger partial charge in [-0.3, -0.25) is 4.79 Å². The normalized spacial score (nSPS) is 13.9. The van der Waals surface area contributed by atoms with Gasteiger partial charge in [-0.25, -0.2) is 9.59 Å². The lowest BCUT2D eigenvalue weighted by Gasteiger charge is -2.20. The van der Waals surface area contributed by atoms with E-state index in [4.69, 9.17) is 9.47 Å². The molecular formula is C25H30N2O6. The number of hydrogen-bond donors (Lipinski definition) is 3. The van der Waals surface area contributed by atoms with Crippen LogP contribution in [0.4, 0.5) is 4.79 Å². The Bertz CT molecular complexity index is 947. The third-order valence-electron chi connectivity index (χ3n) is 5.60. The lowest BCUT2D eigenvalue weighted by atomic mass is 9.98. The zero-order valence-electron chi connectivity index (χ0n) is 18.9. The van der Waals surface area contributed by atoms with Gasteiger partial charge in [-0.05, 0) is 35.6 Å². The molecule has 0 saturated heterocycles. The molecule has 3 rings (SSSR count). The van der Waals surface area contributed by atoms with E-state index >= 15 is 0 Å². The van der Waals surface area contributed by atoms with Crippen LogP contribution < -0.4 is 10.6 Å². The number of rotatable bonds is 10. The number of benzene rings is 2. The van der Waals surface area contributed by atoms with Gasteiger partial charge >= 0.3 is 12.1 Å². The summed E-state index contributed by atoms with van der Waals surface area (Å²) in [6.07, 6.45) is 0.799. The van der Waals surface area contributed by atoms with E-state index in [1.807, 2.05) is 55.5 Å². The number of aliphatic hydroxyl groups is 1. The summed E-state index contributed by atoms with van der Waals surface area (Å²) in [7, 11) is 0. The fraction of sp³-hybridized carbons (Fsp3) is 0.400. The van der Waals surface area contributed by atoms with Crippen LogP contribution in [0.15, 0.2) is 48.5 Å². The smallest absolute Gasteiger partial charge is 0.407 e. The lowest BCUT2D eigenvalue weighted by Crippen LogP contribution is -2.52. The molecule has 0 saturated carbocycles. The summed E-state index contributed by atoms with van der Waals surface area (Å²) >= 11 is 0. The highest BCUT2D eigenvalue weighted by atomic mass is 16.5.